The van der Waals surface area contributed by atoms with Gasteiger partial charge in [0.2, 0.25) is 0 Å². The summed E-state index contributed by atoms with van der Waals surface area (Å²) in [6.45, 7) is 0. The lowest BCUT2D eigenvalue weighted by atomic mass is 9.95. The number of amides is 1. The number of nitrogens with zero attached hydrogens (tertiary/aromatic N) is 1. The summed E-state index contributed by atoms with van der Waals surface area (Å²) < 4.78 is 5.02. The number of methoxy groups -OCH3 is 1. The molecule has 0 bridgehead atoms. The van der Waals surface area contributed by atoms with Crippen LogP contribution in [0.4, 0.5) is 10.7 Å². The topological polar surface area (TPSA) is 94.3 Å². The second-order valence-electron chi connectivity index (χ2n) is 8.57. The van der Waals surface area contributed by atoms with Gasteiger partial charge in [-0.2, -0.15) is 0 Å². The third kappa shape index (κ3) is 3.79. The number of thiophene rings is 2. The van der Waals surface area contributed by atoms with Crippen LogP contribution >= 0.6 is 22.7 Å². The number of ether oxygens (including phenoxy) is 1. The van der Waals surface area contributed by atoms with Gasteiger partial charge in [0.25, 0.3) is 5.91 Å². The van der Waals surface area contributed by atoms with Crippen molar-refractivity contribution in [1.29, 1.82) is 0 Å². The maximum atomic E-state index is 13.3. The van der Waals surface area contributed by atoms with Crippen LogP contribution in [0.5, 0.6) is 0 Å². The van der Waals surface area contributed by atoms with E-state index in [1.54, 1.807) is 0 Å². The molecule has 32 heavy (non-hydrogen) atoms. The van der Waals surface area contributed by atoms with Crippen LogP contribution in [0, 0.1) is 0 Å². The Morgan fingerprint density at radius 2 is 1.78 bits per heavy atom. The number of aromatic nitrogens is 1. The number of pyridine rings is 1. The van der Waals surface area contributed by atoms with Gasteiger partial charge in [0.1, 0.15) is 14.7 Å². The lowest BCUT2D eigenvalue weighted by molar-refractivity contribution is 0.0601. The predicted molar refractivity (Wildman–Crippen MR) is 130 cm³/mol. The van der Waals surface area contributed by atoms with Gasteiger partial charge in [0.15, 0.2) is 0 Å². The summed E-state index contributed by atoms with van der Waals surface area (Å²) in [6.07, 6.45) is 10.7. The highest BCUT2D eigenvalue weighted by Crippen LogP contribution is 2.40. The summed E-state index contributed by atoms with van der Waals surface area (Å²) in [4.78, 5) is 33.1. The number of rotatable bonds is 3. The first kappa shape index (κ1) is 21.4. The first-order valence-electron chi connectivity index (χ1n) is 11.3. The Bertz CT molecular complexity index is 1210. The minimum atomic E-state index is -0.398. The Balaban J connectivity index is 1.50. The van der Waals surface area contributed by atoms with Crippen LogP contribution in [0.1, 0.15) is 80.3 Å². The second kappa shape index (κ2) is 8.83. The van der Waals surface area contributed by atoms with E-state index in [9.17, 15) is 9.59 Å². The first-order valence-corrected chi connectivity index (χ1v) is 12.9. The van der Waals surface area contributed by atoms with Crippen molar-refractivity contribution in [3.05, 3.63) is 38.2 Å². The molecule has 0 spiro atoms. The number of anilines is 2. The lowest BCUT2D eigenvalue weighted by Gasteiger charge is -2.12. The number of esters is 1. The number of nitrogens with one attached hydrogen (secondary N) is 1. The van der Waals surface area contributed by atoms with Crippen molar-refractivity contribution in [2.45, 2.75) is 64.2 Å². The molecule has 1 amide bonds. The molecular weight excluding hydrogens is 442 g/mol. The molecule has 0 fully saturated rings. The molecule has 168 valence electrons. The smallest absolute Gasteiger partial charge is 0.341 e. The molecular formula is C24H27N3O3S2. The van der Waals surface area contributed by atoms with E-state index in [0.717, 1.165) is 77.7 Å². The SMILES string of the molecule is COC(=O)c1c(NC(=O)c2sc3nc4c(cc3c2N)CCCCCC4)sc2c1CCCC2. The molecule has 0 unspecified atom stereocenters. The molecule has 3 heterocycles. The maximum absolute atomic E-state index is 13.3. The lowest BCUT2D eigenvalue weighted by Crippen LogP contribution is -2.15. The largest absolute Gasteiger partial charge is 0.465 e. The number of hydrogen-bond donors (Lipinski definition) is 2. The number of nitrogens with two attached hydrogens (primary N) is 1. The Morgan fingerprint density at radius 1 is 1.03 bits per heavy atom. The van der Waals surface area contributed by atoms with Crippen molar-refractivity contribution in [2.24, 2.45) is 0 Å². The van der Waals surface area contributed by atoms with Crippen LogP contribution in [-0.2, 0) is 30.4 Å². The van der Waals surface area contributed by atoms with E-state index in [2.05, 4.69) is 11.4 Å². The highest BCUT2D eigenvalue weighted by atomic mass is 32.1. The molecule has 0 aliphatic heterocycles. The zero-order chi connectivity index (χ0) is 22.2. The van der Waals surface area contributed by atoms with E-state index in [1.165, 1.54) is 48.2 Å². The summed E-state index contributed by atoms with van der Waals surface area (Å²) in [5, 5.41) is 4.39. The quantitative estimate of drug-likeness (QED) is 0.493. The van der Waals surface area contributed by atoms with Crippen molar-refractivity contribution in [1.82, 2.24) is 4.98 Å². The summed E-state index contributed by atoms with van der Waals surface area (Å²) in [6, 6.07) is 2.13. The summed E-state index contributed by atoms with van der Waals surface area (Å²) >= 11 is 2.81. The van der Waals surface area contributed by atoms with Gasteiger partial charge in [-0.15, -0.1) is 22.7 Å². The van der Waals surface area contributed by atoms with Crippen LogP contribution in [0.3, 0.4) is 0 Å². The Kier molecular flexibility index (Phi) is 5.90. The third-order valence-electron chi connectivity index (χ3n) is 6.49. The molecule has 3 aromatic heterocycles. The van der Waals surface area contributed by atoms with E-state index in [4.69, 9.17) is 15.5 Å². The molecule has 2 aliphatic carbocycles. The number of aryl methyl sites for hydroxylation is 3. The normalized spacial score (nSPS) is 16.0. The van der Waals surface area contributed by atoms with Gasteiger partial charge in [-0.1, -0.05) is 12.8 Å². The fourth-order valence-electron chi connectivity index (χ4n) is 4.81. The summed E-state index contributed by atoms with van der Waals surface area (Å²) in [5.41, 5.74) is 10.8. The monoisotopic (exact) mass is 469 g/mol. The van der Waals surface area contributed by atoms with Gasteiger partial charge in [-0.25, -0.2) is 9.78 Å². The van der Waals surface area contributed by atoms with Crippen molar-refractivity contribution in [3.8, 4) is 0 Å². The van der Waals surface area contributed by atoms with Gasteiger partial charge < -0.3 is 15.8 Å². The zero-order valence-corrected chi connectivity index (χ0v) is 19.8. The van der Waals surface area contributed by atoms with Crippen LogP contribution < -0.4 is 11.1 Å². The Hall–Kier alpha value is -2.45. The van der Waals surface area contributed by atoms with Crippen molar-refractivity contribution in [3.63, 3.8) is 0 Å². The molecule has 6 nitrogen and oxygen atoms in total. The highest BCUT2D eigenvalue weighted by molar-refractivity contribution is 7.21. The van der Waals surface area contributed by atoms with Crippen molar-refractivity contribution in [2.75, 3.05) is 18.2 Å². The molecule has 8 heteroatoms. The molecule has 0 atom stereocenters. The van der Waals surface area contributed by atoms with Gasteiger partial charge in [-0.3, -0.25) is 4.79 Å². The standard InChI is InChI=1S/C24H27N3O3S2/c1-30-24(29)18-14-9-6-7-11-17(14)31-23(18)27-21(28)20-19(25)15-12-13-8-4-2-3-5-10-16(13)26-22(15)32-20/h12H,2-11,25H2,1H3,(H,27,28). The number of carbonyl (C=O) groups excluding carboxylic acids is 2. The molecule has 3 N–H and O–H groups in total. The van der Waals surface area contributed by atoms with E-state index in [0.29, 0.717) is 21.1 Å². The van der Waals surface area contributed by atoms with E-state index in [-0.39, 0.29) is 5.91 Å². The van der Waals surface area contributed by atoms with E-state index < -0.39 is 5.97 Å². The first-order chi connectivity index (χ1) is 15.6. The molecule has 0 saturated heterocycles. The number of nitrogen functional groups attached to an aromatic ring is 1. The van der Waals surface area contributed by atoms with Crippen molar-refractivity contribution >= 4 is 55.5 Å². The number of hydrogen-bond acceptors (Lipinski definition) is 7. The average Bonchev–Trinajstić information content (AvgIpc) is 3.30. The van der Waals surface area contributed by atoms with Crippen LogP contribution in [-0.4, -0.2) is 24.0 Å². The van der Waals surface area contributed by atoms with Crippen LogP contribution in [0.25, 0.3) is 10.2 Å². The van der Waals surface area contributed by atoms with E-state index >= 15 is 0 Å². The molecule has 5 rings (SSSR count). The molecule has 0 aromatic carbocycles. The Morgan fingerprint density at radius 3 is 2.59 bits per heavy atom. The predicted octanol–water partition coefficient (Wildman–Crippen LogP) is 5.52. The zero-order valence-electron chi connectivity index (χ0n) is 18.2. The molecule has 3 aromatic rings. The average molecular weight is 470 g/mol. The highest BCUT2D eigenvalue weighted by Gasteiger charge is 2.28. The van der Waals surface area contributed by atoms with Crippen LogP contribution in [0.2, 0.25) is 0 Å². The van der Waals surface area contributed by atoms with Gasteiger partial charge in [0, 0.05) is 16.0 Å². The maximum Gasteiger partial charge on any atom is 0.341 e. The van der Waals surface area contributed by atoms with Crippen molar-refractivity contribution < 1.29 is 14.3 Å². The fraction of sp³-hybridized carbons (Fsp3) is 0.458. The van der Waals surface area contributed by atoms with Gasteiger partial charge >= 0.3 is 5.97 Å². The minimum absolute atomic E-state index is 0.290. The van der Waals surface area contributed by atoms with Gasteiger partial charge in [0.05, 0.1) is 18.4 Å². The third-order valence-corrected chi connectivity index (χ3v) is 8.81. The number of carbonyl (C=O) groups is 2. The summed E-state index contributed by atoms with van der Waals surface area (Å²) in [5.74, 6) is -0.688. The second-order valence-corrected chi connectivity index (χ2v) is 10.7. The van der Waals surface area contributed by atoms with E-state index in [1.807, 2.05) is 0 Å². The molecule has 0 saturated carbocycles. The molecule has 2 aliphatic rings. The minimum Gasteiger partial charge on any atom is -0.465 e. The fourth-order valence-corrected chi connectivity index (χ4v) is 7.08. The molecule has 0 radical (unpaired) electrons. The summed E-state index contributed by atoms with van der Waals surface area (Å²) in [7, 11) is 1.38. The number of fused-ring (bicyclic) bond motifs is 3. The Labute approximate surface area is 195 Å². The van der Waals surface area contributed by atoms with Crippen LogP contribution in [0.15, 0.2) is 6.07 Å². The van der Waals surface area contributed by atoms with Gasteiger partial charge in [-0.05, 0) is 68.6 Å².